The molecular formula is C23H15Cl2F3N2O5S. The first-order chi connectivity index (χ1) is 17.0. The third kappa shape index (κ3) is 5.18. The van der Waals surface area contributed by atoms with E-state index >= 15 is 0 Å². The number of methoxy groups -OCH3 is 1. The van der Waals surface area contributed by atoms with Crippen LogP contribution in [0.4, 0.5) is 24.5 Å². The summed E-state index contributed by atoms with van der Waals surface area (Å²) in [7, 11) is 1.31. The molecule has 1 aliphatic heterocycles. The van der Waals surface area contributed by atoms with Gasteiger partial charge in [-0.25, -0.2) is 0 Å². The second-order valence-corrected chi connectivity index (χ2v) is 9.39. The van der Waals surface area contributed by atoms with Crippen molar-refractivity contribution >= 4 is 52.2 Å². The highest BCUT2D eigenvalue weighted by Crippen LogP contribution is 2.48. The molecule has 0 spiro atoms. The molecule has 1 fully saturated rings. The van der Waals surface area contributed by atoms with Crippen LogP contribution >= 0.6 is 35.0 Å². The number of halogens is 5. The Hall–Kier alpha value is -3.15. The van der Waals surface area contributed by atoms with E-state index in [9.17, 15) is 28.1 Å². The van der Waals surface area contributed by atoms with E-state index in [2.05, 4.69) is 0 Å². The molecule has 0 N–H and O–H groups in total. The van der Waals surface area contributed by atoms with E-state index in [4.69, 9.17) is 32.7 Å². The van der Waals surface area contributed by atoms with Gasteiger partial charge in [0.2, 0.25) is 11.7 Å². The number of amides is 1. The quantitative estimate of drug-likeness (QED) is 0.230. The maximum absolute atomic E-state index is 13.0. The highest BCUT2D eigenvalue weighted by atomic mass is 35.5. The van der Waals surface area contributed by atoms with E-state index in [0.717, 1.165) is 6.07 Å². The molecule has 1 amide bonds. The number of rotatable bonds is 6. The third-order valence-electron chi connectivity index (χ3n) is 5.20. The molecule has 13 heteroatoms. The van der Waals surface area contributed by atoms with Gasteiger partial charge in [-0.05, 0) is 54.1 Å². The summed E-state index contributed by atoms with van der Waals surface area (Å²) in [6.45, 7) is 0. The first-order valence-corrected chi connectivity index (χ1v) is 11.9. The Bertz CT molecular complexity index is 1340. The Kier molecular flexibility index (Phi) is 7.26. The monoisotopic (exact) mass is 558 g/mol. The average molecular weight is 559 g/mol. The van der Waals surface area contributed by atoms with Crippen LogP contribution in [0.25, 0.3) is 0 Å². The second kappa shape index (κ2) is 10.1. The molecule has 0 radical (unpaired) electrons. The topological polar surface area (TPSA) is 81.9 Å². The Labute approximate surface area is 216 Å². The molecule has 4 rings (SSSR count). The molecule has 188 valence electrons. The molecule has 7 nitrogen and oxygen atoms in total. The standard InChI is InChI=1S/C23H15Cl2F3N2O5S/c1-34-19-9-12(22-29(20(31)11-36-22)15-5-3-14(24)4-6-15)8-16(25)21(19)35-18-7-2-13(23(26,27)28)10-17(18)30(32)33/h2-10,22H,11H2,1H3/t22-/m1/s1. The lowest BCUT2D eigenvalue weighted by Crippen LogP contribution is -2.27. The van der Waals surface area contributed by atoms with Gasteiger partial charge < -0.3 is 9.47 Å². The number of hydrogen-bond donors (Lipinski definition) is 0. The van der Waals surface area contributed by atoms with Gasteiger partial charge in [0.1, 0.15) is 5.37 Å². The van der Waals surface area contributed by atoms with Gasteiger partial charge in [-0.3, -0.25) is 19.8 Å². The van der Waals surface area contributed by atoms with Crippen molar-refractivity contribution in [3.8, 4) is 17.2 Å². The molecule has 0 unspecified atom stereocenters. The van der Waals surface area contributed by atoms with E-state index in [1.54, 1.807) is 35.2 Å². The van der Waals surface area contributed by atoms with Crippen LogP contribution in [0.3, 0.4) is 0 Å². The summed E-state index contributed by atoms with van der Waals surface area (Å²) in [5, 5.41) is 11.4. The first kappa shape index (κ1) is 25.9. The lowest BCUT2D eigenvalue weighted by Gasteiger charge is -2.25. The first-order valence-electron chi connectivity index (χ1n) is 10.1. The number of carbonyl (C=O) groups is 1. The fourth-order valence-electron chi connectivity index (χ4n) is 3.57. The summed E-state index contributed by atoms with van der Waals surface area (Å²) in [6, 6.07) is 11.7. The van der Waals surface area contributed by atoms with Gasteiger partial charge in [0.25, 0.3) is 0 Å². The Morgan fingerprint density at radius 1 is 1.08 bits per heavy atom. The van der Waals surface area contributed by atoms with Crippen LogP contribution in [0.15, 0.2) is 54.6 Å². The number of thioether (sulfide) groups is 1. The van der Waals surface area contributed by atoms with E-state index in [0.29, 0.717) is 28.4 Å². The molecule has 1 saturated heterocycles. The maximum atomic E-state index is 13.0. The number of hydrogen-bond acceptors (Lipinski definition) is 6. The number of nitro groups is 1. The average Bonchev–Trinajstić information content (AvgIpc) is 3.21. The van der Waals surface area contributed by atoms with Crippen molar-refractivity contribution in [2.75, 3.05) is 17.8 Å². The van der Waals surface area contributed by atoms with Crippen LogP contribution in [0.2, 0.25) is 10.0 Å². The second-order valence-electron chi connectivity index (χ2n) is 7.48. The smallest absolute Gasteiger partial charge is 0.416 e. The fraction of sp³-hybridized carbons (Fsp3) is 0.174. The number of benzene rings is 3. The minimum absolute atomic E-state index is 0.0189. The zero-order valence-electron chi connectivity index (χ0n) is 18.2. The van der Waals surface area contributed by atoms with Crippen molar-refractivity contribution in [3.63, 3.8) is 0 Å². The lowest BCUT2D eigenvalue weighted by atomic mass is 10.1. The molecule has 36 heavy (non-hydrogen) atoms. The minimum atomic E-state index is -4.77. The van der Waals surface area contributed by atoms with Gasteiger partial charge >= 0.3 is 11.9 Å². The van der Waals surface area contributed by atoms with Crippen LogP contribution < -0.4 is 14.4 Å². The largest absolute Gasteiger partial charge is 0.493 e. The number of nitrogens with zero attached hydrogens (tertiary/aromatic N) is 2. The summed E-state index contributed by atoms with van der Waals surface area (Å²) >= 11 is 13.8. The van der Waals surface area contributed by atoms with Crippen LogP contribution in [-0.2, 0) is 11.0 Å². The zero-order chi connectivity index (χ0) is 26.2. The van der Waals surface area contributed by atoms with Crippen molar-refractivity contribution in [1.82, 2.24) is 0 Å². The van der Waals surface area contributed by atoms with Gasteiger partial charge in [-0.15, -0.1) is 11.8 Å². The highest BCUT2D eigenvalue weighted by Gasteiger charge is 2.36. The molecular weight excluding hydrogens is 544 g/mol. The van der Waals surface area contributed by atoms with Gasteiger partial charge in [-0.1, -0.05) is 23.2 Å². The summed E-state index contributed by atoms with van der Waals surface area (Å²) in [4.78, 5) is 24.7. The molecule has 0 aliphatic carbocycles. The molecule has 1 atom stereocenters. The number of ether oxygens (including phenoxy) is 2. The van der Waals surface area contributed by atoms with Gasteiger partial charge in [0.15, 0.2) is 11.5 Å². The number of anilines is 1. The molecule has 1 aliphatic rings. The fourth-order valence-corrected chi connectivity index (χ4v) is 5.11. The Balaban J connectivity index is 1.71. The predicted molar refractivity (Wildman–Crippen MR) is 130 cm³/mol. The molecule has 3 aromatic rings. The molecule has 1 heterocycles. The van der Waals surface area contributed by atoms with Crippen molar-refractivity contribution in [3.05, 3.63) is 85.9 Å². The van der Waals surface area contributed by atoms with Gasteiger partial charge in [0.05, 0.1) is 28.4 Å². The third-order valence-corrected chi connectivity index (χ3v) is 6.95. The van der Waals surface area contributed by atoms with Gasteiger partial charge in [-0.2, -0.15) is 13.2 Å². The SMILES string of the molecule is COc1cc([C@H]2SCC(=O)N2c2ccc(Cl)cc2)cc(Cl)c1Oc1ccc(C(F)(F)F)cc1[N+](=O)[O-]. The van der Waals surface area contributed by atoms with Crippen molar-refractivity contribution in [2.24, 2.45) is 0 Å². The minimum Gasteiger partial charge on any atom is -0.493 e. The predicted octanol–water partition coefficient (Wildman–Crippen LogP) is 7.50. The van der Waals surface area contributed by atoms with Gasteiger partial charge in [0, 0.05) is 16.8 Å². The summed E-state index contributed by atoms with van der Waals surface area (Å²) in [5.41, 5.74) is -0.884. The van der Waals surface area contributed by atoms with Crippen LogP contribution in [0, 0.1) is 10.1 Å². The Morgan fingerprint density at radius 3 is 2.39 bits per heavy atom. The molecule has 0 aromatic heterocycles. The molecule has 0 bridgehead atoms. The number of nitro benzene ring substituents is 1. The maximum Gasteiger partial charge on any atom is 0.416 e. The summed E-state index contributed by atoms with van der Waals surface area (Å²) < 4.78 is 50.0. The van der Waals surface area contributed by atoms with Crippen molar-refractivity contribution < 1.29 is 32.4 Å². The van der Waals surface area contributed by atoms with E-state index in [-0.39, 0.29) is 28.2 Å². The zero-order valence-corrected chi connectivity index (χ0v) is 20.5. The number of carbonyl (C=O) groups excluding carboxylic acids is 1. The van der Waals surface area contributed by atoms with E-state index < -0.39 is 33.5 Å². The van der Waals surface area contributed by atoms with Crippen molar-refractivity contribution in [2.45, 2.75) is 11.6 Å². The van der Waals surface area contributed by atoms with E-state index in [1.807, 2.05) is 0 Å². The van der Waals surface area contributed by atoms with Crippen LogP contribution in [0.1, 0.15) is 16.5 Å². The molecule has 3 aromatic carbocycles. The Morgan fingerprint density at radius 2 is 1.78 bits per heavy atom. The summed E-state index contributed by atoms with van der Waals surface area (Å²) in [6.07, 6.45) is -4.77. The lowest BCUT2D eigenvalue weighted by molar-refractivity contribution is -0.385. The summed E-state index contributed by atoms with van der Waals surface area (Å²) in [5.74, 6) is -0.429. The normalized spacial score (nSPS) is 15.8. The van der Waals surface area contributed by atoms with Crippen molar-refractivity contribution in [1.29, 1.82) is 0 Å². The molecule has 0 saturated carbocycles. The van der Waals surface area contributed by atoms with E-state index in [1.165, 1.54) is 24.9 Å². The van der Waals surface area contributed by atoms with Crippen LogP contribution in [-0.4, -0.2) is 23.7 Å². The number of alkyl halides is 3. The van der Waals surface area contributed by atoms with Crippen LogP contribution in [0.5, 0.6) is 17.2 Å². The highest BCUT2D eigenvalue weighted by molar-refractivity contribution is 8.00.